The number of nitrogens with one attached hydrogen (secondary N) is 2. The summed E-state index contributed by atoms with van der Waals surface area (Å²) in [6.45, 7) is -0.590. The molecule has 180 valence electrons. The lowest BCUT2D eigenvalue weighted by molar-refractivity contribution is -0.151. The van der Waals surface area contributed by atoms with E-state index in [1.165, 1.54) is 33.5 Å². The van der Waals surface area contributed by atoms with E-state index in [0.717, 1.165) is 5.01 Å². The van der Waals surface area contributed by atoms with Crippen molar-refractivity contribution >= 4 is 29.4 Å². The first-order valence-electron chi connectivity index (χ1n) is 10.3. The van der Waals surface area contributed by atoms with Gasteiger partial charge in [0.15, 0.2) is 18.1 Å². The minimum atomic E-state index is -0.817. The number of carbonyl (C=O) groups is 4. The Balaban J connectivity index is 1.51. The summed E-state index contributed by atoms with van der Waals surface area (Å²) in [5, 5.41) is 3.65. The van der Waals surface area contributed by atoms with Gasteiger partial charge in [-0.15, -0.1) is 0 Å². The molecule has 0 unspecified atom stereocenters. The molecule has 11 heteroatoms. The molecular formula is C23H25N3O8. The van der Waals surface area contributed by atoms with Crippen LogP contribution in [0.2, 0.25) is 0 Å². The fraction of sp³-hybridized carbons (Fsp3) is 0.304. The molecule has 1 saturated heterocycles. The maximum absolute atomic E-state index is 12.5. The maximum Gasteiger partial charge on any atom is 0.311 e. The third kappa shape index (κ3) is 5.94. The van der Waals surface area contributed by atoms with Crippen LogP contribution in [0.4, 0.5) is 5.69 Å². The zero-order chi connectivity index (χ0) is 24.7. The van der Waals surface area contributed by atoms with Gasteiger partial charge in [0.25, 0.3) is 11.8 Å². The van der Waals surface area contributed by atoms with Crippen molar-refractivity contribution in [3.8, 4) is 17.2 Å². The molecule has 1 aliphatic heterocycles. The van der Waals surface area contributed by atoms with Gasteiger partial charge in [0.1, 0.15) is 5.75 Å². The van der Waals surface area contributed by atoms with Crippen molar-refractivity contribution in [3.05, 3.63) is 48.0 Å². The molecule has 1 heterocycles. The number of ether oxygens (including phenoxy) is 4. The van der Waals surface area contributed by atoms with Gasteiger partial charge in [-0.2, -0.15) is 0 Å². The molecule has 0 bridgehead atoms. The Morgan fingerprint density at radius 1 is 1.00 bits per heavy atom. The summed E-state index contributed by atoms with van der Waals surface area (Å²) in [5.74, 6) is -1.69. The molecular weight excluding hydrogens is 446 g/mol. The zero-order valence-corrected chi connectivity index (χ0v) is 19.0. The molecule has 3 amide bonds. The van der Waals surface area contributed by atoms with Crippen molar-refractivity contribution < 1.29 is 38.1 Å². The van der Waals surface area contributed by atoms with E-state index >= 15 is 0 Å². The van der Waals surface area contributed by atoms with E-state index in [2.05, 4.69) is 10.7 Å². The third-order valence-corrected chi connectivity index (χ3v) is 5.04. The summed E-state index contributed by atoms with van der Waals surface area (Å²) in [6.07, 6.45) is -0.150. The van der Waals surface area contributed by atoms with E-state index in [4.69, 9.17) is 18.9 Å². The van der Waals surface area contributed by atoms with E-state index in [-0.39, 0.29) is 18.5 Å². The van der Waals surface area contributed by atoms with Gasteiger partial charge in [0.2, 0.25) is 5.91 Å². The van der Waals surface area contributed by atoms with Gasteiger partial charge >= 0.3 is 5.97 Å². The maximum atomic E-state index is 12.5. The van der Waals surface area contributed by atoms with E-state index < -0.39 is 36.2 Å². The first-order valence-corrected chi connectivity index (χ1v) is 10.3. The quantitative estimate of drug-likeness (QED) is 0.525. The van der Waals surface area contributed by atoms with Crippen molar-refractivity contribution in [2.45, 2.75) is 6.42 Å². The SMILES string of the molecule is COc1cccc(NC(=O)COC(=O)[C@H]2CC(=O)N(NC(=O)c3ccc(OC)c(OC)c3)C2)c1. The number of amides is 3. The Morgan fingerprint density at radius 2 is 1.76 bits per heavy atom. The second kappa shape index (κ2) is 11.0. The molecule has 11 nitrogen and oxygen atoms in total. The van der Waals surface area contributed by atoms with Gasteiger partial charge in [0.05, 0.1) is 33.8 Å². The second-order valence-electron chi connectivity index (χ2n) is 7.30. The van der Waals surface area contributed by atoms with E-state index in [0.29, 0.717) is 22.9 Å². The summed E-state index contributed by atoms with van der Waals surface area (Å²) in [4.78, 5) is 49.3. The highest BCUT2D eigenvalue weighted by Crippen LogP contribution is 2.27. The summed E-state index contributed by atoms with van der Waals surface area (Å²) < 4.78 is 20.5. The molecule has 1 atom stereocenters. The van der Waals surface area contributed by atoms with Crippen LogP contribution in [0.25, 0.3) is 0 Å². The molecule has 0 saturated carbocycles. The van der Waals surface area contributed by atoms with Crippen LogP contribution in [0, 0.1) is 5.92 Å². The summed E-state index contributed by atoms with van der Waals surface area (Å²) in [6, 6.07) is 11.3. The number of hydrazine groups is 1. The molecule has 1 aliphatic rings. The molecule has 2 aromatic carbocycles. The van der Waals surface area contributed by atoms with E-state index in [9.17, 15) is 19.2 Å². The highest BCUT2D eigenvalue weighted by atomic mass is 16.5. The average Bonchev–Trinajstić information content (AvgIpc) is 3.22. The predicted molar refractivity (Wildman–Crippen MR) is 119 cm³/mol. The summed E-state index contributed by atoms with van der Waals surface area (Å²) in [5.41, 5.74) is 3.20. The lowest BCUT2D eigenvalue weighted by Gasteiger charge is -2.18. The number of benzene rings is 2. The van der Waals surface area contributed by atoms with E-state index in [1.807, 2.05) is 0 Å². The van der Waals surface area contributed by atoms with Crippen LogP contribution in [0.3, 0.4) is 0 Å². The lowest BCUT2D eigenvalue weighted by atomic mass is 10.1. The molecule has 0 aliphatic carbocycles. The van der Waals surface area contributed by atoms with Gasteiger partial charge in [-0.05, 0) is 30.3 Å². The van der Waals surface area contributed by atoms with Crippen LogP contribution in [0.15, 0.2) is 42.5 Å². The third-order valence-electron chi connectivity index (χ3n) is 5.04. The molecule has 3 rings (SSSR count). The van der Waals surface area contributed by atoms with Crippen molar-refractivity contribution in [2.24, 2.45) is 5.92 Å². The van der Waals surface area contributed by atoms with Crippen LogP contribution in [-0.4, -0.2) is 63.2 Å². The Morgan fingerprint density at radius 3 is 2.47 bits per heavy atom. The number of anilines is 1. The van der Waals surface area contributed by atoms with Crippen LogP contribution >= 0.6 is 0 Å². The molecule has 2 aromatic rings. The van der Waals surface area contributed by atoms with Gasteiger partial charge in [0, 0.05) is 23.7 Å². The van der Waals surface area contributed by atoms with Gasteiger partial charge in [-0.1, -0.05) is 6.07 Å². The molecule has 2 N–H and O–H groups in total. The molecule has 34 heavy (non-hydrogen) atoms. The van der Waals surface area contributed by atoms with Crippen molar-refractivity contribution in [3.63, 3.8) is 0 Å². The fourth-order valence-corrected chi connectivity index (χ4v) is 3.29. The van der Waals surface area contributed by atoms with Gasteiger partial charge in [-0.3, -0.25) is 29.6 Å². The second-order valence-corrected chi connectivity index (χ2v) is 7.30. The number of esters is 1. The summed E-state index contributed by atoms with van der Waals surface area (Å²) >= 11 is 0. The van der Waals surface area contributed by atoms with Gasteiger partial charge < -0.3 is 24.3 Å². The number of nitrogens with zero attached hydrogens (tertiary/aromatic N) is 1. The number of methoxy groups -OCH3 is 3. The number of carbonyl (C=O) groups excluding carboxylic acids is 4. The molecule has 0 radical (unpaired) electrons. The zero-order valence-electron chi connectivity index (χ0n) is 19.0. The predicted octanol–water partition coefficient (Wildman–Crippen LogP) is 1.39. The van der Waals surface area contributed by atoms with Crippen molar-refractivity contribution in [1.29, 1.82) is 0 Å². The lowest BCUT2D eigenvalue weighted by Crippen LogP contribution is -2.43. The fourth-order valence-electron chi connectivity index (χ4n) is 3.29. The number of hydrogen-bond acceptors (Lipinski definition) is 8. The highest BCUT2D eigenvalue weighted by molar-refractivity contribution is 5.97. The largest absolute Gasteiger partial charge is 0.497 e. The van der Waals surface area contributed by atoms with Crippen LogP contribution in [0.5, 0.6) is 17.2 Å². The standard InChI is InChI=1S/C23H25N3O8/c1-31-17-6-4-5-16(11-17)24-20(27)13-34-23(30)15-10-21(28)26(12-15)25-22(29)14-7-8-18(32-2)19(9-14)33-3/h4-9,11,15H,10,12-13H2,1-3H3,(H,24,27)(H,25,29)/t15-/m0/s1. The van der Waals surface area contributed by atoms with Crippen molar-refractivity contribution in [2.75, 3.05) is 39.8 Å². The Labute approximate surface area is 195 Å². The normalized spacial score (nSPS) is 14.9. The van der Waals surface area contributed by atoms with Gasteiger partial charge in [-0.25, -0.2) is 0 Å². The Bertz CT molecular complexity index is 1090. The number of hydrogen-bond donors (Lipinski definition) is 2. The Hall–Kier alpha value is -4.28. The van der Waals surface area contributed by atoms with Crippen LogP contribution in [0.1, 0.15) is 16.8 Å². The van der Waals surface area contributed by atoms with Crippen molar-refractivity contribution in [1.82, 2.24) is 10.4 Å². The van der Waals surface area contributed by atoms with Crippen LogP contribution in [-0.2, 0) is 19.1 Å². The van der Waals surface area contributed by atoms with Crippen LogP contribution < -0.4 is 25.0 Å². The first kappa shape index (κ1) is 24.4. The average molecular weight is 471 g/mol. The molecule has 0 aromatic heterocycles. The monoisotopic (exact) mass is 471 g/mol. The first-order chi connectivity index (χ1) is 16.3. The van der Waals surface area contributed by atoms with E-state index in [1.54, 1.807) is 30.3 Å². The molecule has 0 spiro atoms. The summed E-state index contributed by atoms with van der Waals surface area (Å²) in [7, 11) is 4.42. The topological polar surface area (TPSA) is 132 Å². The minimum absolute atomic E-state index is 0.0752. The Kier molecular flexibility index (Phi) is 7.91. The minimum Gasteiger partial charge on any atom is -0.497 e. The number of rotatable bonds is 9. The highest BCUT2D eigenvalue weighted by Gasteiger charge is 2.36. The smallest absolute Gasteiger partial charge is 0.311 e. The molecule has 1 fully saturated rings.